The summed E-state index contributed by atoms with van der Waals surface area (Å²) in [4.78, 5) is 15.0. The Bertz CT molecular complexity index is 1160. The first-order valence-electron chi connectivity index (χ1n) is 9.88. The second-order valence-corrected chi connectivity index (χ2v) is 9.57. The fourth-order valence-electron chi connectivity index (χ4n) is 3.93. The summed E-state index contributed by atoms with van der Waals surface area (Å²) in [5.74, 6) is -0.0398. The standard InChI is InChI=1S/C24H24N2O3S/c1-18-16-21-8-6-7-11-23(21)26(18)24(27)20-14-12-19(13-15-20)17-25(30(2,28)29)22-9-4-3-5-10-22/h3-15,18H,16-17H2,1-2H3/t18-/m0/s1. The molecule has 1 atom stereocenters. The molecule has 0 fully saturated rings. The number of para-hydroxylation sites is 2. The van der Waals surface area contributed by atoms with Crippen molar-refractivity contribution in [3.63, 3.8) is 0 Å². The summed E-state index contributed by atoms with van der Waals surface area (Å²) in [5.41, 5.74) is 4.17. The van der Waals surface area contributed by atoms with E-state index in [0.717, 1.165) is 17.7 Å². The number of sulfonamides is 1. The number of rotatable bonds is 5. The molecular weight excluding hydrogens is 396 g/mol. The molecule has 0 radical (unpaired) electrons. The molecule has 1 heterocycles. The van der Waals surface area contributed by atoms with Crippen LogP contribution in [0.25, 0.3) is 0 Å². The van der Waals surface area contributed by atoms with Gasteiger partial charge in [0.1, 0.15) is 0 Å². The van der Waals surface area contributed by atoms with E-state index < -0.39 is 10.0 Å². The first-order chi connectivity index (χ1) is 14.3. The molecule has 0 spiro atoms. The zero-order valence-corrected chi connectivity index (χ0v) is 17.8. The third-order valence-corrected chi connectivity index (χ3v) is 6.54. The van der Waals surface area contributed by atoms with E-state index >= 15 is 0 Å². The molecule has 1 aliphatic heterocycles. The molecule has 4 rings (SSSR count). The average molecular weight is 421 g/mol. The van der Waals surface area contributed by atoms with Gasteiger partial charge in [-0.2, -0.15) is 0 Å². The molecule has 5 nitrogen and oxygen atoms in total. The molecule has 6 heteroatoms. The van der Waals surface area contributed by atoms with Gasteiger partial charge in [-0.15, -0.1) is 0 Å². The van der Waals surface area contributed by atoms with Gasteiger partial charge in [-0.05, 0) is 54.8 Å². The van der Waals surface area contributed by atoms with Crippen molar-refractivity contribution in [1.29, 1.82) is 0 Å². The average Bonchev–Trinajstić information content (AvgIpc) is 3.07. The Labute approximate surface area is 177 Å². The second-order valence-electron chi connectivity index (χ2n) is 7.66. The van der Waals surface area contributed by atoms with Crippen LogP contribution in [-0.2, 0) is 23.0 Å². The number of carbonyl (C=O) groups is 1. The van der Waals surface area contributed by atoms with Crippen molar-refractivity contribution in [2.45, 2.75) is 25.9 Å². The first kappa shape index (κ1) is 20.2. The number of nitrogens with zero attached hydrogens (tertiary/aromatic N) is 2. The number of amides is 1. The predicted octanol–water partition coefficient (Wildman–Crippen LogP) is 4.24. The maximum Gasteiger partial charge on any atom is 0.258 e. The van der Waals surface area contributed by atoms with E-state index in [4.69, 9.17) is 0 Å². The monoisotopic (exact) mass is 420 g/mol. The largest absolute Gasteiger partial charge is 0.305 e. The molecule has 3 aromatic rings. The van der Waals surface area contributed by atoms with Crippen molar-refractivity contribution in [2.75, 3.05) is 15.5 Å². The number of hydrogen-bond acceptors (Lipinski definition) is 3. The number of carbonyl (C=O) groups excluding carboxylic acids is 1. The van der Waals surface area contributed by atoms with Crippen LogP contribution in [-0.4, -0.2) is 26.6 Å². The van der Waals surface area contributed by atoms with Gasteiger partial charge in [-0.25, -0.2) is 8.42 Å². The SMILES string of the molecule is C[C@H]1Cc2ccccc2N1C(=O)c1ccc(CN(c2ccccc2)S(C)(=O)=O)cc1. The summed E-state index contributed by atoms with van der Waals surface area (Å²) >= 11 is 0. The summed E-state index contributed by atoms with van der Waals surface area (Å²) in [7, 11) is -3.44. The molecule has 30 heavy (non-hydrogen) atoms. The molecular formula is C24H24N2O3S. The minimum absolute atomic E-state index is 0.0398. The Morgan fingerprint density at radius 3 is 2.27 bits per heavy atom. The molecule has 0 aliphatic carbocycles. The molecule has 0 saturated heterocycles. The van der Waals surface area contributed by atoms with Crippen LogP contribution in [0.2, 0.25) is 0 Å². The number of fused-ring (bicyclic) bond motifs is 1. The van der Waals surface area contributed by atoms with Crippen LogP contribution in [0.4, 0.5) is 11.4 Å². The van der Waals surface area contributed by atoms with Gasteiger partial charge in [0.05, 0.1) is 18.5 Å². The molecule has 0 N–H and O–H groups in total. The zero-order chi connectivity index (χ0) is 21.3. The highest BCUT2D eigenvalue weighted by atomic mass is 32.2. The molecule has 1 aliphatic rings. The lowest BCUT2D eigenvalue weighted by molar-refractivity contribution is 0.0981. The Morgan fingerprint density at radius 1 is 0.967 bits per heavy atom. The highest BCUT2D eigenvalue weighted by Gasteiger charge is 2.31. The van der Waals surface area contributed by atoms with Crippen LogP contribution < -0.4 is 9.21 Å². The minimum Gasteiger partial charge on any atom is -0.305 e. The summed E-state index contributed by atoms with van der Waals surface area (Å²) < 4.78 is 26.0. The predicted molar refractivity (Wildman–Crippen MR) is 120 cm³/mol. The lowest BCUT2D eigenvalue weighted by Gasteiger charge is -2.24. The van der Waals surface area contributed by atoms with Crippen molar-refractivity contribution in [3.05, 3.63) is 95.6 Å². The van der Waals surface area contributed by atoms with Crippen LogP contribution in [0, 0.1) is 0 Å². The molecule has 154 valence electrons. The van der Waals surface area contributed by atoms with Crippen LogP contribution >= 0.6 is 0 Å². The third-order valence-electron chi connectivity index (χ3n) is 5.40. The summed E-state index contributed by atoms with van der Waals surface area (Å²) in [6.45, 7) is 2.26. The van der Waals surface area contributed by atoms with Crippen molar-refractivity contribution in [2.24, 2.45) is 0 Å². The van der Waals surface area contributed by atoms with Gasteiger partial charge >= 0.3 is 0 Å². The summed E-state index contributed by atoms with van der Waals surface area (Å²) in [5, 5.41) is 0. The van der Waals surface area contributed by atoms with E-state index in [1.54, 1.807) is 24.3 Å². The van der Waals surface area contributed by atoms with Crippen LogP contribution in [0.15, 0.2) is 78.9 Å². The fraction of sp³-hybridized carbons (Fsp3) is 0.208. The van der Waals surface area contributed by atoms with Gasteiger partial charge < -0.3 is 4.90 Å². The summed E-state index contributed by atoms with van der Waals surface area (Å²) in [6, 6.07) is 24.3. The van der Waals surface area contributed by atoms with Gasteiger partial charge in [0, 0.05) is 17.3 Å². The van der Waals surface area contributed by atoms with Crippen molar-refractivity contribution in [3.8, 4) is 0 Å². The van der Waals surface area contributed by atoms with Crippen LogP contribution in [0.1, 0.15) is 28.4 Å². The highest BCUT2D eigenvalue weighted by Crippen LogP contribution is 2.33. The summed E-state index contributed by atoms with van der Waals surface area (Å²) in [6.07, 6.45) is 2.05. The van der Waals surface area contributed by atoms with Crippen LogP contribution in [0.3, 0.4) is 0 Å². The van der Waals surface area contributed by atoms with Gasteiger partial charge in [0.25, 0.3) is 5.91 Å². The van der Waals surface area contributed by atoms with E-state index in [2.05, 4.69) is 13.0 Å². The van der Waals surface area contributed by atoms with E-state index in [-0.39, 0.29) is 18.5 Å². The van der Waals surface area contributed by atoms with Crippen molar-refractivity contribution < 1.29 is 13.2 Å². The first-order valence-corrected chi connectivity index (χ1v) is 11.7. The molecule has 0 saturated carbocycles. The van der Waals surface area contributed by atoms with E-state index in [0.29, 0.717) is 11.3 Å². The van der Waals surface area contributed by atoms with Crippen molar-refractivity contribution in [1.82, 2.24) is 0 Å². The van der Waals surface area contributed by atoms with Gasteiger partial charge in [0.2, 0.25) is 10.0 Å². The van der Waals surface area contributed by atoms with Crippen molar-refractivity contribution >= 4 is 27.3 Å². The topological polar surface area (TPSA) is 57.7 Å². The highest BCUT2D eigenvalue weighted by molar-refractivity contribution is 7.92. The Kier molecular flexibility index (Phi) is 5.35. The van der Waals surface area contributed by atoms with Gasteiger partial charge in [0.15, 0.2) is 0 Å². The minimum atomic E-state index is -3.44. The Morgan fingerprint density at radius 2 is 1.60 bits per heavy atom. The number of anilines is 2. The molecule has 0 bridgehead atoms. The Balaban J connectivity index is 1.56. The second kappa shape index (κ2) is 7.95. The van der Waals surface area contributed by atoms with E-state index in [1.807, 2.05) is 53.4 Å². The maximum atomic E-state index is 13.2. The number of hydrogen-bond donors (Lipinski definition) is 0. The molecule has 1 amide bonds. The smallest absolute Gasteiger partial charge is 0.258 e. The van der Waals surface area contributed by atoms with Crippen LogP contribution in [0.5, 0.6) is 0 Å². The molecule has 0 aromatic heterocycles. The third kappa shape index (κ3) is 3.96. The Hall–Kier alpha value is -3.12. The van der Waals surface area contributed by atoms with Gasteiger partial charge in [-0.3, -0.25) is 9.10 Å². The van der Waals surface area contributed by atoms with E-state index in [9.17, 15) is 13.2 Å². The molecule has 3 aromatic carbocycles. The quantitative estimate of drug-likeness (QED) is 0.620. The van der Waals surface area contributed by atoms with Gasteiger partial charge in [-0.1, -0.05) is 48.5 Å². The fourth-order valence-corrected chi connectivity index (χ4v) is 4.82. The van der Waals surface area contributed by atoms with E-state index in [1.165, 1.54) is 16.1 Å². The lowest BCUT2D eigenvalue weighted by Crippen LogP contribution is -2.35. The maximum absolute atomic E-state index is 13.2. The zero-order valence-electron chi connectivity index (χ0n) is 17.0. The lowest BCUT2D eigenvalue weighted by atomic mass is 10.1. The molecule has 0 unspecified atom stereocenters. The number of benzene rings is 3. The normalized spacial score (nSPS) is 15.7.